The molecule has 0 spiro atoms. The van der Waals surface area contributed by atoms with Gasteiger partial charge >= 0.3 is 0 Å². The Morgan fingerprint density at radius 2 is 1.93 bits per heavy atom. The summed E-state index contributed by atoms with van der Waals surface area (Å²) in [5, 5.41) is 0. The maximum Gasteiger partial charge on any atom is 0.123 e. The largest absolute Gasteiger partial charge is 0.497 e. The number of hydrogen-bond donors (Lipinski definition) is 0. The molecule has 0 bridgehead atoms. The summed E-state index contributed by atoms with van der Waals surface area (Å²) in [6, 6.07) is 16.5. The van der Waals surface area contributed by atoms with Crippen molar-refractivity contribution in [1.82, 2.24) is 4.90 Å². The van der Waals surface area contributed by atoms with Crippen LogP contribution in [0.25, 0.3) is 0 Å². The lowest BCUT2D eigenvalue weighted by Crippen LogP contribution is -2.47. The van der Waals surface area contributed by atoms with Crippen LogP contribution in [0.3, 0.4) is 0 Å². The SMILES string of the molecule is COc1cccc(OC[C@H]2CN(CCN3CCc4ccccc43)CCO2)c1. The molecule has 1 fully saturated rings. The molecule has 0 N–H and O–H groups in total. The van der Waals surface area contributed by atoms with Gasteiger partial charge in [0.1, 0.15) is 24.2 Å². The van der Waals surface area contributed by atoms with Crippen LogP contribution in [0, 0.1) is 0 Å². The molecule has 5 heteroatoms. The van der Waals surface area contributed by atoms with Crippen LogP contribution in [-0.4, -0.2) is 64.1 Å². The van der Waals surface area contributed by atoms with Gasteiger partial charge in [0, 0.05) is 44.5 Å². The minimum absolute atomic E-state index is 0.107. The van der Waals surface area contributed by atoms with Crippen LogP contribution in [0.4, 0.5) is 5.69 Å². The van der Waals surface area contributed by atoms with E-state index < -0.39 is 0 Å². The van der Waals surface area contributed by atoms with Gasteiger partial charge in [-0.1, -0.05) is 24.3 Å². The summed E-state index contributed by atoms with van der Waals surface area (Å²) >= 11 is 0. The lowest BCUT2D eigenvalue weighted by Gasteiger charge is -2.34. The normalized spacial score (nSPS) is 19.7. The Balaban J connectivity index is 1.25. The molecule has 0 aromatic heterocycles. The molecule has 2 aromatic rings. The average molecular weight is 368 g/mol. The average Bonchev–Trinajstić information content (AvgIpc) is 3.14. The van der Waals surface area contributed by atoms with Gasteiger partial charge in [-0.05, 0) is 30.2 Å². The van der Waals surface area contributed by atoms with Crippen LogP contribution in [-0.2, 0) is 11.2 Å². The zero-order valence-corrected chi connectivity index (χ0v) is 16.0. The summed E-state index contributed by atoms with van der Waals surface area (Å²) in [5.41, 5.74) is 2.88. The fourth-order valence-corrected chi connectivity index (χ4v) is 3.87. The summed E-state index contributed by atoms with van der Waals surface area (Å²) in [4.78, 5) is 5.00. The lowest BCUT2D eigenvalue weighted by molar-refractivity contribution is -0.0470. The second-order valence-corrected chi connectivity index (χ2v) is 7.15. The molecule has 2 aliphatic rings. The van der Waals surface area contributed by atoms with Gasteiger partial charge in [-0.25, -0.2) is 0 Å². The third kappa shape index (κ3) is 4.54. The second kappa shape index (κ2) is 8.63. The summed E-state index contributed by atoms with van der Waals surface area (Å²) in [5.74, 6) is 1.63. The zero-order valence-electron chi connectivity index (χ0n) is 16.0. The maximum atomic E-state index is 5.92. The molecule has 4 rings (SSSR count). The van der Waals surface area contributed by atoms with Gasteiger partial charge in [0.15, 0.2) is 0 Å². The maximum absolute atomic E-state index is 5.92. The van der Waals surface area contributed by atoms with Crippen molar-refractivity contribution in [3.8, 4) is 11.5 Å². The standard InChI is InChI=1S/C22H28N2O3/c1-25-19-6-4-7-20(15-19)27-17-21-16-23(13-14-26-21)11-12-24-10-9-18-5-2-3-8-22(18)24/h2-8,15,21H,9-14,16-17H2,1H3/t21-/m1/s1. The van der Waals surface area contributed by atoms with Crippen LogP contribution in [0.2, 0.25) is 0 Å². The Hall–Kier alpha value is -2.24. The molecule has 2 aromatic carbocycles. The lowest BCUT2D eigenvalue weighted by atomic mass is 10.2. The third-order valence-corrected chi connectivity index (χ3v) is 5.37. The van der Waals surface area contributed by atoms with Gasteiger partial charge in [-0.2, -0.15) is 0 Å². The molecular formula is C22H28N2O3. The number of benzene rings is 2. The van der Waals surface area contributed by atoms with E-state index in [-0.39, 0.29) is 6.10 Å². The molecule has 2 aliphatic heterocycles. The van der Waals surface area contributed by atoms with Crippen LogP contribution >= 0.6 is 0 Å². The van der Waals surface area contributed by atoms with E-state index in [0.29, 0.717) is 6.61 Å². The number of fused-ring (bicyclic) bond motifs is 1. The van der Waals surface area contributed by atoms with Crippen molar-refractivity contribution in [3.63, 3.8) is 0 Å². The van der Waals surface area contributed by atoms with E-state index in [0.717, 1.165) is 57.3 Å². The molecule has 144 valence electrons. The van der Waals surface area contributed by atoms with E-state index in [4.69, 9.17) is 14.2 Å². The predicted octanol–water partition coefficient (Wildman–Crippen LogP) is 2.84. The van der Waals surface area contributed by atoms with Crippen molar-refractivity contribution in [1.29, 1.82) is 0 Å². The first-order valence-electron chi connectivity index (χ1n) is 9.75. The fourth-order valence-electron chi connectivity index (χ4n) is 3.87. The highest BCUT2D eigenvalue weighted by Crippen LogP contribution is 2.27. The Morgan fingerprint density at radius 3 is 2.85 bits per heavy atom. The topological polar surface area (TPSA) is 34.2 Å². The molecule has 2 heterocycles. The molecule has 0 amide bonds. The molecule has 27 heavy (non-hydrogen) atoms. The van der Waals surface area contributed by atoms with Crippen molar-refractivity contribution in [2.45, 2.75) is 12.5 Å². The van der Waals surface area contributed by atoms with Crippen LogP contribution in [0.1, 0.15) is 5.56 Å². The number of morpholine rings is 1. The fraction of sp³-hybridized carbons (Fsp3) is 0.455. The summed E-state index contributed by atoms with van der Waals surface area (Å²) in [6.07, 6.45) is 1.27. The Kier molecular flexibility index (Phi) is 5.80. The molecule has 1 saturated heterocycles. The molecule has 0 radical (unpaired) electrons. The van der Waals surface area contributed by atoms with Crippen LogP contribution < -0.4 is 14.4 Å². The number of rotatable bonds is 7. The zero-order chi connectivity index (χ0) is 18.5. The van der Waals surface area contributed by atoms with Crippen molar-refractivity contribution in [2.75, 3.05) is 57.9 Å². The first kappa shape index (κ1) is 18.1. The van der Waals surface area contributed by atoms with Gasteiger partial charge in [0.05, 0.1) is 13.7 Å². The highest BCUT2D eigenvalue weighted by molar-refractivity contribution is 5.57. The monoisotopic (exact) mass is 368 g/mol. The minimum Gasteiger partial charge on any atom is -0.497 e. The van der Waals surface area contributed by atoms with Gasteiger partial charge in [0.25, 0.3) is 0 Å². The van der Waals surface area contributed by atoms with Crippen molar-refractivity contribution >= 4 is 5.69 Å². The van der Waals surface area contributed by atoms with Crippen LogP contribution in [0.15, 0.2) is 48.5 Å². The summed E-state index contributed by atoms with van der Waals surface area (Å²) in [7, 11) is 1.67. The van der Waals surface area contributed by atoms with Crippen molar-refractivity contribution < 1.29 is 14.2 Å². The first-order valence-corrected chi connectivity index (χ1v) is 9.75. The number of nitrogens with zero attached hydrogens (tertiary/aromatic N) is 2. The first-order chi connectivity index (χ1) is 13.3. The molecular weight excluding hydrogens is 340 g/mol. The van der Waals surface area contributed by atoms with E-state index >= 15 is 0 Å². The highest BCUT2D eigenvalue weighted by atomic mass is 16.5. The Labute approximate surface area is 161 Å². The quantitative estimate of drug-likeness (QED) is 0.751. The molecule has 0 saturated carbocycles. The number of ether oxygens (including phenoxy) is 3. The Bertz CT molecular complexity index is 752. The Morgan fingerprint density at radius 1 is 1.04 bits per heavy atom. The number of anilines is 1. The van der Waals surface area contributed by atoms with E-state index in [1.807, 2.05) is 24.3 Å². The number of para-hydroxylation sites is 1. The van der Waals surface area contributed by atoms with Gasteiger partial charge < -0.3 is 19.1 Å². The van der Waals surface area contributed by atoms with E-state index in [2.05, 4.69) is 34.1 Å². The summed E-state index contributed by atoms with van der Waals surface area (Å²) in [6.45, 7) is 6.50. The van der Waals surface area contributed by atoms with Gasteiger partial charge in [-0.3, -0.25) is 4.90 Å². The van der Waals surface area contributed by atoms with Gasteiger partial charge in [-0.15, -0.1) is 0 Å². The van der Waals surface area contributed by atoms with E-state index in [1.165, 1.54) is 11.3 Å². The van der Waals surface area contributed by atoms with Crippen LogP contribution in [0.5, 0.6) is 11.5 Å². The summed E-state index contributed by atoms with van der Waals surface area (Å²) < 4.78 is 17.1. The highest BCUT2D eigenvalue weighted by Gasteiger charge is 2.23. The van der Waals surface area contributed by atoms with E-state index in [9.17, 15) is 0 Å². The molecule has 1 atom stereocenters. The minimum atomic E-state index is 0.107. The third-order valence-electron chi connectivity index (χ3n) is 5.37. The molecule has 5 nitrogen and oxygen atoms in total. The second-order valence-electron chi connectivity index (χ2n) is 7.15. The van der Waals surface area contributed by atoms with Crippen molar-refractivity contribution in [2.24, 2.45) is 0 Å². The molecule has 0 aliphatic carbocycles. The molecule has 0 unspecified atom stereocenters. The predicted molar refractivity (Wildman–Crippen MR) is 107 cm³/mol. The number of methoxy groups -OCH3 is 1. The van der Waals surface area contributed by atoms with Crippen molar-refractivity contribution in [3.05, 3.63) is 54.1 Å². The smallest absolute Gasteiger partial charge is 0.123 e. The van der Waals surface area contributed by atoms with Gasteiger partial charge in [0.2, 0.25) is 0 Å². The van der Waals surface area contributed by atoms with E-state index in [1.54, 1.807) is 7.11 Å². The number of hydrogen-bond acceptors (Lipinski definition) is 5.